The minimum absolute atomic E-state index is 0.108. The molecule has 0 aliphatic heterocycles. The number of aryl methyl sites for hydroxylation is 1. The molecule has 6 heteroatoms. The van der Waals surface area contributed by atoms with Crippen LogP contribution in [0.4, 0.5) is 0 Å². The molecule has 0 bridgehead atoms. The number of aromatic carboxylic acids is 1. The molecule has 0 fully saturated rings. The summed E-state index contributed by atoms with van der Waals surface area (Å²) in [6, 6.07) is 10.2. The first-order chi connectivity index (χ1) is 10.5. The summed E-state index contributed by atoms with van der Waals surface area (Å²) in [6.07, 6.45) is 0. The molecule has 0 amide bonds. The highest BCUT2D eigenvalue weighted by molar-refractivity contribution is 9.10. The summed E-state index contributed by atoms with van der Waals surface area (Å²) in [6.45, 7) is 2.44. The van der Waals surface area contributed by atoms with Crippen molar-refractivity contribution >= 4 is 33.5 Å². The Morgan fingerprint density at radius 2 is 1.91 bits per heavy atom. The van der Waals surface area contributed by atoms with Gasteiger partial charge in [-0.1, -0.05) is 27.5 Å². The molecule has 116 valence electrons. The Labute approximate surface area is 141 Å². The second-order valence-corrected chi connectivity index (χ2v) is 5.88. The number of hydrogen-bond acceptors (Lipinski definition) is 3. The van der Waals surface area contributed by atoms with Gasteiger partial charge < -0.3 is 14.6 Å². The van der Waals surface area contributed by atoms with Crippen LogP contribution < -0.4 is 9.47 Å². The van der Waals surface area contributed by atoms with Gasteiger partial charge in [-0.05, 0) is 48.9 Å². The lowest BCUT2D eigenvalue weighted by Gasteiger charge is -2.11. The van der Waals surface area contributed by atoms with Gasteiger partial charge in [-0.2, -0.15) is 0 Å². The molecule has 0 saturated carbocycles. The van der Waals surface area contributed by atoms with E-state index in [9.17, 15) is 4.79 Å². The fraction of sp³-hybridized carbons (Fsp3) is 0.188. The summed E-state index contributed by atoms with van der Waals surface area (Å²) in [5.74, 6) is -0.0307. The molecule has 0 radical (unpaired) electrons. The normalized spacial score (nSPS) is 10.3. The summed E-state index contributed by atoms with van der Waals surface area (Å²) in [5.41, 5.74) is 1.04. The molecule has 0 atom stereocenters. The van der Waals surface area contributed by atoms with E-state index >= 15 is 0 Å². The predicted octanol–water partition coefficient (Wildman–Crippen LogP) is 4.57. The highest BCUT2D eigenvalue weighted by atomic mass is 79.9. The zero-order valence-corrected chi connectivity index (χ0v) is 14.1. The largest absolute Gasteiger partial charge is 0.490 e. The predicted molar refractivity (Wildman–Crippen MR) is 88.3 cm³/mol. The van der Waals surface area contributed by atoms with Crippen molar-refractivity contribution in [3.63, 3.8) is 0 Å². The van der Waals surface area contributed by atoms with E-state index in [4.69, 9.17) is 26.2 Å². The topological polar surface area (TPSA) is 55.8 Å². The fourth-order valence-electron chi connectivity index (χ4n) is 1.81. The quantitative estimate of drug-likeness (QED) is 0.740. The number of carbonyl (C=O) groups is 1. The molecule has 0 heterocycles. The second-order valence-electron chi connectivity index (χ2n) is 4.55. The molecule has 1 N–H and O–H groups in total. The van der Waals surface area contributed by atoms with Crippen LogP contribution in [-0.2, 0) is 0 Å². The van der Waals surface area contributed by atoms with Gasteiger partial charge in [-0.15, -0.1) is 0 Å². The van der Waals surface area contributed by atoms with Gasteiger partial charge in [0.05, 0.1) is 0 Å². The van der Waals surface area contributed by atoms with Crippen molar-refractivity contribution < 1.29 is 19.4 Å². The van der Waals surface area contributed by atoms with Crippen molar-refractivity contribution in [3.05, 3.63) is 57.0 Å². The van der Waals surface area contributed by atoms with Crippen molar-refractivity contribution in [3.8, 4) is 11.5 Å². The first-order valence-electron chi connectivity index (χ1n) is 6.52. The minimum Gasteiger partial charge on any atom is -0.490 e. The standard InChI is InChI=1S/C16H14BrClO4/c1-10-8-12(3-4-14(10)18)21-6-7-22-15-5-2-11(17)9-13(15)16(19)20/h2-5,8-9H,6-7H2,1H3,(H,19,20). The monoisotopic (exact) mass is 384 g/mol. The molecule has 0 aliphatic rings. The van der Waals surface area contributed by atoms with E-state index in [-0.39, 0.29) is 12.2 Å². The molecular formula is C16H14BrClO4. The van der Waals surface area contributed by atoms with Crippen LogP contribution >= 0.6 is 27.5 Å². The zero-order valence-electron chi connectivity index (χ0n) is 11.8. The van der Waals surface area contributed by atoms with E-state index < -0.39 is 5.97 Å². The van der Waals surface area contributed by atoms with Gasteiger partial charge >= 0.3 is 5.97 Å². The Balaban J connectivity index is 1.91. The van der Waals surface area contributed by atoms with Gasteiger partial charge in [-0.3, -0.25) is 0 Å². The number of ether oxygens (including phenoxy) is 2. The summed E-state index contributed by atoms with van der Waals surface area (Å²) in [4.78, 5) is 11.2. The van der Waals surface area contributed by atoms with Gasteiger partial charge in [0, 0.05) is 9.50 Å². The Morgan fingerprint density at radius 1 is 1.18 bits per heavy atom. The van der Waals surface area contributed by atoms with E-state index in [1.54, 1.807) is 24.3 Å². The Bertz CT molecular complexity index is 688. The molecule has 2 rings (SSSR count). The number of carboxylic acids is 1. The van der Waals surface area contributed by atoms with Crippen LogP contribution in [0.1, 0.15) is 15.9 Å². The summed E-state index contributed by atoms with van der Waals surface area (Å²) in [5, 5.41) is 9.82. The van der Waals surface area contributed by atoms with Crippen molar-refractivity contribution in [2.75, 3.05) is 13.2 Å². The van der Waals surface area contributed by atoms with Crippen LogP contribution in [-0.4, -0.2) is 24.3 Å². The molecule has 0 spiro atoms. The lowest BCUT2D eigenvalue weighted by Crippen LogP contribution is -2.11. The number of halogens is 2. The van der Waals surface area contributed by atoms with Gasteiger partial charge in [0.1, 0.15) is 30.3 Å². The van der Waals surface area contributed by atoms with E-state index in [0.29, 0.717) is 27.6 Å². The highest BCUT2D eigenvalue weighted by Gasteiger charge is 2.11. The van der Waals surface area contributed by atoms with Crippen molar-refractivity contribution in [2.24, 2.45) is 0 Å². The number of rotatable bonds is 6. The summed E-state index contributed by atoms with van der Waals surface area (Å²) in [7, 11) is 0. The van der Waals surface area contributed by atoms with Gasteiger partial charge in [0.2, 0.25) is 0 Å². The summed E-state index contributed by atoms with van der Waals surface area (Å²) >= 11 is 9.18. The second kappa shape index (κ2) is 7.51. The first-order valence-corrected chi connectivity index (χ1v) is 7.69. The van der Waals surface area contributed by atoms with Crippen LogP contribution in [0, 0.1) is 6.92 Å². The van der Waals surface area contributed by atoms with Gasteiger partial charge in [-0.25, -0.2) is 4.79 Å². The minimum atomic E-state index is -1.04. The lowest BCUT2D eigenvalue weighted by molar-refractivity contribution is 0.0691. The van der Waals surface area contributed by atoms with Crippen LogP contribution in [0.5, 0.6) is 11.5 Å². The van der Waals surface area contributed by atoms with Crippen LogP contribution in [0.2, 0.25) is 5.02 Å². The third-order valence-corrected chi connectivity index (χ3v) is 3.83. The highest BCUT2D eigenvalue weighted by Crippen LogP contribution is 2.24. The molecule has 0 aromatic heterocycles. The SMILES string of the molecule is Cc1cc(OCCOc2ccc(Br)cc2C(=O)O)ccc1Cl. The van der Waals surface area contributed by atoms with E-state index in [0.717, 1.165) is 5.56 Å². The number of benzene rings is 2. The maximum atomic E-state index is 11.2. The first kappa shape index (κ1) is 16.6. The zero-order chi connectivity index (χ0) is 16.1. The molecule has 0 aliphatic carbocycles. The Hall–Kier alpha value is -1.72. The summed E-state index contributed by atoms with van der Waals surface area (Å²) < 4.78 is 11.7. The smallest absolute Gasteiger partial charge is 0.339 e. The van der Waals surface area contributed by atoms with E-state index in [1.165, 1.54) is 6.07 Å². The third-order valence-electron chi connectivity index (χ3n) is 2.91. The van der Waals surface area contributed by atoms with Crippen molar-refractivity contribution in [1.82, 2.24) is 0 Å². The maximum Gasteiger partial charge on any atom is 0.339 e. The lowest BCUT2D eigenvalue weighted by atomic mass is 10.2. The molecule has 0 saturated heterocycles. The Kier molecular flexibility index (Phi) is 5.69. The van der Waals surface area contributed by atoms with Crippen molar-refractivity contribution in [2.45, 2.75) is 6.92 Å². The average molecular weight is 386 g/mol. The van der Waals surface area contributed by atoms with Crippen LogP contribution in [0.3, 0.4) is 0 Å². The molecule has 2 aromatic carbocycles. The average Bonchev–Trinajstić information content (AvgIpc) is 2.48. The van der Waals surface area contributed by atoms with Crippen LogP contribution in [0.25, 0.3) is 0 Å². The van der Waals surface area contributed by atoms with Gasteiger partial charge in [0.15, 0.2) is 0 Å². The number of carboxylic acid groups (broad SMARTS) is 1. The van der Waals surface area contributed by atoms with Gasteiger partial charge in [0.25, 0.3) is 0 Å². The molecular weight excluding hydrogens is 372 g/mol. The molecule has 22 heavy (non-hydrogen) atoms. The Morgan fingerprint density at radius 3 is 2.59 bits per heavy atom. The van der Waals surface area contributed by atoms with E-state index in [2.05, 4.69) is 15.9 Å². The number of hydrogen-bond donors (Lipinski definition) is 1. The third kappa shape index (κ3) is 4.39. The molecule has 0 unspecified atom stereocenters. The van der Waals surface area contributed by atoms with Crippen molar-refractivity contribution in [1.29, 1.82) is 0 Å². The van der Waals surface area contributed by atoms with E-state index in [1.807, 2.05) is 13.0 Å². The fourth-order valence-corrected chi connectivity index (χ4v) is 2.29. The molecule has 4 nitrogen and oxygen atoms in total. The molecule has 2 aromatic rings. The van der Waals surface area contributed by atoms with Crippen LogP contribution in [0.15, 0.2) is 40.9 Å². The maximum absolute atomic E-state index is 11.2.